The van der Waals surface area contributed by atoms with Crippen LogP contribution in [0.1, 0.15) is 42.3 Å². The van der Waals surface area contributed by atoms with Gasteiger partial charge in [-0.25, -0.2) is 4.57 Å². The fourth-order valence-electron chi connectivity index (χ4n) is 3.52. The van der Waals surface area contributed by atoms with Gasteiger partial charge in [-0.3, -0.25) is 23.2 Å². The number of ether oxygens (including phenoxy) is 1. The van der Waals surface area contributed by atoms with Crippen LogP contribution in [-0.2, 0) is 40.9 Å². The summed E-state index contributed by atoms with van der Waals surface area (Å²) in [6, 6.07) is 24.2. The Kier molecular flexibility index (Phi) is 11.6. The number of amides is 1. The van der Waals surface area contributed by atoms with Crippen molar-refractivity contribution in [2.45, 2.75) is 39.6 Å². The molecule has 216 valence electrons. The highest BCUT2D eigenvalue weighted by Crippen LogP contribution is 2.50. The van der Waals surface area contributed by atoms with Crippen molar-refractivity contribution in [1.82, 2.24) is 4.90 Å². The van der Waals surface area contributed by atoms with E-state index in [0.29, 0.717) is 5.69 Å². The van der Waals surface area contributed by atoms with Gasteiger partial charge in [-0.15, -0.1) is 0 Å². The number of azide groups is 1. The molecule has 12 heteroatoms. The molecular formula is C29H33N4O7P. The number of carbonyl (C=O) groups excluding carboxylic acids is 2. The molecule has 3 aromatic carbocycles. The van der Waals surface area contributed by atoms with E-state index < -0.39 is 25.3 Å². The number of esters is 1. The number of rotatable bonds is 14. The molecule has 1 amide bonds. The van der Waals surface area contributed by atoms with Crippen LogP contribution in [0.2, 0.25) is 0 Å². The van der Waals surface area contributed by atoms with E-state index in [2.05, 4.69) is 10.0 Å². The molecule has 0 spiro atoms. The first-order chi connectivity index (χ1) is 19.6. The van der Waals surface area contributed by atoms with Crippen LogP contribution in [0.25, 0.3) is 10.4 Å². The second-order valence-corrected chi connectivity index (χ2v) is 11.5. The molecular weight excluding hydrogens is 547 g/mol. The maximum absolute atomic E-state index is 13.6. The van der Waals surface area contributed by atoms with Gasteiger partial charge in [0, 0.05) is 22.7 Å². The summed E-state index contributed by atoms with van der Waals surface area (Å²) < 4.78 is 35.9. The normalized spacial score (nSPS) is 11.4. The van der Waals surface area contributed by atoms with Gasteiger partial charge in [-0.2, -0.15) is 0 Å². The van der Waals surface area contributed by atoms with E-state index in [9.17, 15) is 14.2 Å². The Labute approximate surface area is 239 Å². The van der Waals surface area contributed by atoms with Gasteiger partial charge in [0.2, 0.25) is 0 Å². The molecule has 0 aromatic heterocycles. The smallest absolute Gasteiger partial charge is 0.459 e. The lowest BCUT2D eigenvalue weighted by Crippen LogP contribution is -2.40. The second-order valence-electron chi connectivity index (χ2n) is 9.85. The molecule has 0 atom stereocenters. The average Bonchev–Trinajstić information content (AvgIpc) is 2.95. The van der Waals surface area contributed by atoms with Crippen molar-refractivity contribution in [1.29, 1.82) is 0 Å². The Morgan fingerprint density at radius 2 is 1.39 bits per heavy atom. The van der Waals surface area contributed by atoms with Gasteiger partial charge in [0.1, 0.15) is 12.1 Å². The van der Waals surface area contributed by atoms with Gasteiger partial charge in [-0.05, 0) is 49.6 Å². The zero-order valence-corrected chi connectivity index (χ0v) is 24.1. The third-order valence-corrected chi connectivity index (χ3v) is 6.77. The van der Waals surface area contributed by atoms with E-state index >= 15 is 0 Å². The van der Waals surface area contributed by atoms with Crippen molar-refractivity contribution in [3.05, 3.63) is 112 Å². The summed E-state index contributed by atoms with van der Waals surface area (Å²) in [7, 11) is -4.09. The van der Waals surface area contributed by atoms with Crippen LogP contribution < -0.4 is 0 Å². The molecule has 0 aliphatic heterocycles. The largest absolute Gasteiger partial charge is 0.475 e. The molecule has 0 fully saturated rings. The van der Waals surface area contributed by atoms with E-state index in [0.717, 1.165) is 11.1 Å². The lowest BCUT2D eigenvalue weighted by atomic mass is 10.1. The zero-order valence-electron chi connectivity index (χ0n) is 23.2. The highest BCUT2D eigenvalue weighted by molar-refractivity contribution is 7.48. The third kappa shape index (κ3) is 11.2. The van der Waals surface area contributed by atoms with Crippen molar-refractivity contribution in [3.63, 3.8) is 0 Å². The van der Waals surface area contributed by atoms with E-state index in [1.165, 1.54) is 29.2 Å². The minimum Gasteiger partial charge on any atom is -0.459 e. The predicted molar refractivity (Wildman–Crippen MR) is 153 cm³/mol. The van der Waals surface area contributed by atoms with Gasteiger partial charge in [0.25, 0.3) is 5.91 Å². The summed E-state index contributed by atoms with van der Waals surface area (Å²) in [6.07, 6.45) is 0. The third-order valence-electron chi connectivity index (χ3n) is 5.38. The Morgan fingerprint density at radius 1 is 0.854 bits per heavy atom. The number of hydrogen-bond acceptors (Lipinski definition) is 8. The summed E-state index contributed by atoms with van der Waals surface area (Å²) >= 11 is 0. The van der Waals surface area contributed by atoms with Crippen LogP contribution in [-0.4, -0.2) is 42.1 Å². The van der Waals surface area contributed by atoms with Crippen molar-refractivity contribution in [2.24, 2.45) is 5.11 Å². The van der Waals surface area contributed by atoms with Gasteiger partial charge in [0.05, 0.1) is 19.8 Å². The van der Waals surface area contributed by atoms with Crippen LogP contribution in [0.5, 0.6) is 0 Å². The lowest BCUT2D eigenvalue weighted by Gasteiger charge is -2.26. The van der Waals surface area contributed by atoms with E-state index in [1.54, 1.807) is 20.8 Å². The minimum atomic E-state index is -4.09. The Balaban J connectivity index is 1.73. The van der Waals surface area contributed by atoms with E-state index in [-0.39, 0.29) is 38.5 Å². The predicted octanol–water partition coefficient (Wildman–Crippen LogP) is 6.97. The lowest BCUT2D eigenvalue weighted by molar-refractivity contribution is -0.155. The minimum absolute atomic E-state index is 0.0228. The van der Waals surface area contributed by atoms with Crippen LogP contribution in [0.15, 0.2) is 90.0 Å². The molecule has 0 radical (unpaired) electrons. The van der Waals surface area contributed by atoms with Crippen LogP contribution in [0.3, 0.4) is 0 Å². The summed E-state index contributed by atoms with van der Waals surface area (Å²) in [6.45, 7) is 4.36. The molecule has 11 nitrogen and oxygen atoms in total. The number of phosphoric ester groups is 1. The maximum Gasteiger partial charge on any atom is 0.475 e. The molecule has 0 unspecified atom stereocenters. The topological polar surface area (TPSA) is 140 Å². The Bertz CT molecular complexity index is 1330. The summed E-state index contributed by atoms with van der Waals surface area (Å²) in [4.78, 5) is 29.9. The Morgan fingerprint density at radius 3 is 1.88 bits per heavy atom. The zero-order chi connectivity index (χ0) is 29.7. The monoisotopic (exact) mass is 580 g/mol. The molecule has 0 bridgehead atoms. The number of nitrogens with zero attached hydrogens (tertiary/aromatic N) is 4. The molecule has 41 heavy (non-hydrogen) atoms. The molecule has 3 rings (SSSR count). The average molecular weight is 581 g/mol. The fourth-order valence-corrected chi connectivity index (χ4v) is 4.66. The number of hydrogen-bond donors (Lipinski definition) is 0. The SMILES string of the molecule is CC(C)(C)OC(=O)CN(CCOP(=O)(OCc1ccccc1)OCc1ccccc1)C(=O)c1ccc(N=[N+]=[N-])cc1. The molecule has 3 aromatic rings. The number of carbonyl (C=O) groups is 2. The first-order valence-electron chi connectivity index (χ1n) is 12.8. The van der Waals surface area contributed by atoms with Crippen molar-refractivity contribution >= 4 is 25.4 Å². The maximum atomic E-state index is 13.6. The van der Waals surface area contributed by atoms with Crippen molar-refractivity contribution in [2.75, 3.05) is 19.7 Å². The molecule has 0 aliphatic rings. The van der Waals surface area contributed by atoms with Gasteiger partial charge < -0.3 is 9.64 Å². The first kappa shape index (κ1) is 31.5. The van der Waals surface area contributed by atoms with Crippen LogP contribution in [0.4, 0.5) is 5.69 Å². The molecule has 0 aliphatic carbocycles. The number of phosphoric acid groups is 1. The highest BCUT2D eigenvalue weighted by atomic mass is 31.2. The summed E-state index contributed by atoms with van der Waals surface area (Å²) in [5.41, 5.74) is 9.98. The summed E-state index contributed by atoms with van der Waals surface area (Å²) in [5.74, 6) is -1.13. The van der Waals surface area contributed by atoms with Gasteiger partial charge >= 0.3 is 13.8 Å². The van der Waals surface area contributed by atoms with Gasteiger partial charge in [-0.1, -0.05) is 77.9 Å². The van der Waals surface area contributed by atoms with E-state index in [1.807, 2.05) is 60.7 Å². The van der Waals surface area contributed by atoms with Gasteiger partial charge in [0.15, 0.2) is 0 Å². The second kappa shape index (κ2) is 15.1. The van der Waals surface area contributed by atoms with Crippen molar-refractivity contribution < 1.29 is 32.5 Å². The Hall–Kier alpha value is -3.98. The fraction of sp³-hybridized carbons (Fsp3) is 0.310. The molecule has 0 N–H and O–H groups in total. The number of benzene rings is 3. The van der Waals surface area contributed by atoms with E-state index in [4.69, 9.17) is 23.8 Å². The molecule has 0 heterocycles. The first-order valence-corrected chi connectivity index (χ1v) is 14.3. The van der Waals surface area contributed by atoms with Crippen LogP contribution >= 0.6 is 7.82 Å². The molecule has 0 saturated heterocycles. The quantitative estimate of drug-likeness (QED) is 0.0659. The van der Waals surface area contributed by atoms with Crippen molar-refractivity contribution in [3.8, 4) is 0 Å². The molecule has 0 saturated carbocycles. The van der Waals surface area contributed by atoms with Crippen LogP contribution in [0, 0.1) is 0 Å². The highest BCUT2D eigenvalue weighted by Gasteiger charge is 2.29. The standard InChI is InChI=1S/C29H33N4O7P/c1-29(2,3)40-27(34)20-33(28(35)25-14-16-26(17-15-25)31-32-30)18-19-37-41(36,38-21-23-10-6-4-7-11-23)39-22-24-12-8-5-9-13-24/h4-17H,18-22H2,1-3H3. The summed E-state index contributed by atoms with van der Waals surface area (Å²) in [5, 5.41) is 3.50.